The summed E-state index contributed by atoms with van der Waals surface area (Å²) in [6.07, 6.45) is 4.40. The van der Waals surface area contributed by atoms with Crippen LogP contribution in [-0.2, 0) is 0 Å². The third-order valence-electron chi connectivity index (χ3n) is 5.20. The summed E-state index contributed by atoms with van der Waals surface area (Å²) in [6.45, 7) is 13.3. The molecule has 92 valence electrons. The van der Waals surface area contributed by atoms with Gasteiger partial charge in [0.2, 0.25) is 0 Å². The maximum Gasteiger partial charge on any atom is 0.0642 e. The highest BCUT2D eigenvalue weighted by Crippen LogP contribution is 2.67. The molecule has 1 nitrogen and oxygen atoms in total. The van der Waals surface area contributed by atoms with Crippen molar-refractivity contribution in [3.8, 4) is 0 Å². The lowest BCUT2D eigenvalue weighted by molar-refractivity contribution is -0.00226. The summed E-state index contributed by atoms with van der Waals surface area (Å²) in [5.74, 6) is 1.27. The molecule has 0 aromatic rings. The fraction of sp³-hybridized carbons (Fsp3) is 0.867. The van der Waals surface area contributed by atoms with E-state index in [0.717, 1.165) is 19.3 Å². The Morgan fingerprint density at radius 3 is 2.44 bits per heavy atom. The smallest absolute Gasteiger partial charge is 0.0642 e. The second-order valence-corrected chi connectivity index (χ2v) is 6.88. The molecule has 0 amide bonds. The van der Waals surface area contributed by atoms with Crippen molar-refractivity contribution >= 4 is 0 Å². The first-order valence-corrected chi connectivity index (χ1v) is 6.71. The topological polar surface area (TPSA) is 20.2 Å². The molecule has 0 heterocycles. The van der Waals surface area contributed by atoms with Gasteiger partial charge in [-0.05, 0) is 42.9 Å². The van der Waals surface area contributed by atoms with Crippen molar-refractivity contribution in [2.24, 2.45) is 22.7 Å². The molecule has 0 aromatic heterocycles. The largest absolute Gasteiger partial charge is 0.392 e. The molecule has 16 heavy (non-hydrogen) atoms. The van der Waals surface area contributed by atoms with Gasteiger partial charge in [0.05, 0.1) is 6.10 Å². The van der Waals surface area contributed by atoms with Gasteiger partial charge in [0.25, 0.3) is 0 Å². The summed E-state index contributed by atoms with van der Waals surface area (Å²) in [4.78, 5) is 0. The number of aliphatic hydroxyl groups excluding tert-OH is 1. The van der Waals surface area contributed by atoms with Crippen molar-refractivity contribution < 1.29 is 5.11 Å². The Labute approximate surface area is 99.9 Å². The van der Waals surface area contributed by atoms with Gasteiger partial charge < -0.3 is 5.11 Å². The molecular weight excluding hydrogens is 196 g/mol. The first-order valence-electron chi connectivity index (χ1n) is 6.71. The average molecular weight is 222 g/mol. The van der Waals surface area contributed by atoms with E-state index in [1.54, 1.807) is 0 Å². The van der Waals surface area contributed by atoms with E-state index >= 15 is 0 Å². The Hall–Kier alpha value is -0.300. The second kappa shape index (κ2) is 3.60. The van der Waals surface area contributed by atoms with Crippen molar-refractivity contribution in [1.82, 2.24) is 0 Å². The molecule has 0 bridgehead atoms. The molecule has 1 heteroatoms. The molecule has 2 aliphatic rings. The lowest BCUT2D eigenvalue weighted by Crippen LogP contribution is -2.37. The van der Waals surface area contributed by atoms with Crippen LogP contribution in [0.25, 0.3) is 0 Å². The van der Waals surface area contributed by atoms with E-state index in [-0.39, 0.29) is 11.5 Å². The SMILES string of the molecule is C=C1C(CC)[C@@]12CCC(C(C)(C)C)C[C@H]2O. The summed E-state index contributed by atoms with van der Waals surface area (Å²) in [6, 6.07) is 0. The summed E-state index contributed by atoms with van der Waals surface area (Å²) in [7, 11) is 0. The summed E-state index contributed by atoms with van der Waals surface area (Å²) in [5, 5.41) is 10.4. The van der Waals surface area contributed by atoms with E-state index in [1.807, 2.05) is 0 Å². The van der Waals surface area contributed by atoms with Gasteiger partial charge in [0.1, 0.15) is 0 Å². The van der Waals surface area contributed by atoms with Gasteiger partial charge in [0.15, 0.2) is 0 Å². The fourth-order valence-electron chi connectivity index (χ4n) is 3.89. The highest BCUT2D eigenvalue weighted by atomic mass is 16.3. The Balaban J connectivity index is 2.08. The van der Waals surface area contributed by atoms with Crippen molar-refractivity contribution in [3.63, 3.8) is 0 Å². The summed E-state index contributed by atoms with van der Waals surface area (Å²) < 4.78 is 0. The van der Waals surface area contributed by atoms with E-state index in [1.165, 1.54) is 12.0 Å². The predicted molar refractivity (Wildman–Crippen MR) is 68.2 cm³/mol. The molecule has 0 saturated heterocycles. The number of aliphatic hydroxyl groups is 1. The van der Waals surface area contributed by atoms with Crippen molar-refractivity contribution in [3.05, 3.63) is 12.2 Å². The van der Waals surface area contributed by atoms with Crippen LogP contribution in [0.3, 0.4) is 0 Å². The molecule has 2 fully saturated rings. The predicted octanol–water partition coefficient (Wildman–Crippen LogP) is 3.78. The van der Waals surface area contributed by atoms with Crippen molar-refractivity contribution in [2.45, 2.75) is 59.5 Å². The second-order valence-electron chi connectivity index (χ2n) is 6.88. The molecule has 2 saturated carbocycles. The van der Waals surface area contributed by atoms with Crippen LogP contribution in [0.15, 0.2) is 12.2 Å². The minimum Gasteiger partial charge on any atom is -0.392 e. The van der Waals surface area contributed by atoms with Gasteiger partial charge in [-0.1, -0.05) is 39.8 Å². The van der Waals surface area contributed by atoms with Gasteiger partial charge in [-0.15, -0.1) is 0 Å². The molecule has 1 N–H and O–H groups in total. The third kappa shape index (κ3) is 1.55. The summed E-state index contributed by atoms with van der Waals surface area (Å²) >= 11 is 0. The molecule has 4 atom stereocenters. The molecule has 0 radical (unpaired) electrons. The normalized spacial score (nSPS) is 43.8. The zero-order chi connectivity index (χ0) is 12.1. The van der Waals surface area contributed by atoms with E-state index < -0.39 is 0 Å². The standard InChI is InChI=1S/C15H26O/c1-6-12-10(2)15(12)8-7-11(9-13(15)16)14(3,4)5/h11-13,16H,2,6-9H2,1,3-5H3/t11?,12?,13-,15-/m1/s1. The van der Waals surface area contributed by atoms with Crippen LogP contribution in [0.4, 0.5) is 0 Å². The first-order chi connectivity index (χ1) is 7.34. The van der Waals surface area contributed by atoms with E-state index in [4.69, 9.17) is 0 Å². The number of hydrogen-bond acceptors (Lipinski definition) is 1. The van der Waals surface area contributed by atoms with Gasteiger partial charge in [-0.3, -0.25) is 0 Å². The number of rotatable bonds is 1. The van der Waals surface area contributed by atoms with Crippen molar-refractivity contribution in [1.29, 1.82) is 0 Å². The highest BCUT2D eigenvalue weighted by Gasteiger charge is 2.63. The molecule has 1 spiro atoms. The van der Waals surface area contributed by atoms with Crippen LogP contribution in [0.1, 0.15) is 53.4 Å². The van der Waals surface area contributed by atoms with E-state index in [0.29, 0.717) is 17.3 Å². The average Bonchev–Trinajstić information content (AvgIpc) is 2.75. The molecular formula is C15H26O. The maximum atomic E-state index is 10.4. The van der Waals surface area contributed by atoms with Crippen molar-refractivity contribution in [2.75, 3.05) is 0 Å². The Bertz CT molecular complexity index is 299. The van der Waals surface area contributed by atoms with Crippen LogP contribution in [0, 0.1) is 22.7 Å². The lowest BCUT2D eigenvalue weighted by Gasteiger charge is -2.40. The van der Waals surface area contributed by atoms with Crippen LogP contribution in [-0.4, -0.2) is 11.2 Å². The van der Waals surface area contributed by atoms with Gasteiger partial charge in [0, 0.05) is 5.41 Å². The van der Waals surface area contributed by atoms with Crippen LogP contribution < -0.4 is 0 Å². The minimum absolute atomic E-state index is 0.122. The Morgan fingerprint density at radius 2 is 2.06 bits per heavy atom. The molecule has 0 aliphatic heterocycles. The Kier molecular flexibility index (Phi) is 2.73. The quantitative estimate of drug-likeness (QED) is 0.669. The van der Waals surface area contributed by atoms with Crippen LogP contribution in [0.2, 0.25) is 0 Å². The monoisotopic (exact) mass is 222 g/mol. The zero-order valence-electron chi connectivity index (χ0n) is 11.2. The fourth-order valence-corrected chi connectivity index (χ4v) is 3.89. The Morgan fingerprint density at radius 1 is 1.44 bits per heavy atom. The molecule has 2 aliphatic carbocycles. The molecule has 0 aromatic carbocycles. The highest BCUT2D eigenvalue weighted by molar-refractivity contribution is 5.38. The first kappa shape index (κ1) is 12.2. The van der Waals surface area contributed by atoms with Gasteiger partial charge >= 0.3 is 0 Å². The third-order valence-corrected chi connectivity index (χ3v) is 5.20. The maximum absolute atomic E-state index is 10.4. The van der Waals surface area contributed by atoms with Crippen LogP contribution >= 0.6 is 0 Å². The van der Waals surface area contributed by atoms with E-state index in [9.17, 15) is 5.11 Å². The minimum atomic E-state index is -0.136. The number of hydrogen-bond donors (Lipinski definition) is 1. The van der Waals surface area contributed by atoms with Gasteiger partial charge in [-0.2, -0.15) is 0 Å². The van der Waals surface area contributed by atoms with Crippen LogP contribution in [0.5, 0.6) is 0 Å². The van der Waals surface area contributed by atoms with Gasteiger partial charge in [-0.25, -0.2) is 0 Å². The lowest BCUT2D eigenvalue weighted by atomic mass is 9.66. The summed E-state index contributed by atoms with van der Waals surface area (Å²) in [5.41, 5.74) is 1.78. The zero-order valence-corrected chi connectivity index (χ0v) is 11.2. The van der Waals surface area contributed by atoms with E-state index in [2.05, 4.69) is 34.3 Å². The molecule has 2 unspecified atom stereocenters. The molecule has 2 rings (SSSR count).